The van der Waals surface area contributed by atoms with Crippen molar-refractivity contribution in [1.29, 1.82) is 0 Å². The number of hydrogen-bond donors (Lipinski definition) is 2. The average molecular weight is 358 g/mol. The molecule has 0 saturated carbocycles. The number of amides is 1. The van der Waals surface area contributed by atoms with Crippen LogP contribution < -0.4 is 11.1 Å². The number of rotatable bonds is 6. The van der Waals surface area contributed by atoms with Crippen LogP contribution in [-0.2, 0) is 16.9 Å². The molecule has 5 heteroatoms. The second-order valence-corrected chi connectivity index (χ2v) is 8.13. The van der Waals surface area contributed by atoms with E-state index in [4.69, 9.17) is 5.73 Å². The van der Waals surface area contributed by atoms with Crippen LogP contribution in [0.25, 0.3) is 0 Å². The van der Waals surface area contributed by atoms with Crippen LogP contribution in [0.1, 0.15) is 30.2 Å². The van der Waals surface area contributed by atoms with Crippen LogP contribution in [0, 0.1) is 5.92 Å². The quantitative estimate of drug-likeness (QED) is 0.836. The maximum atomic E-state index is 12.6. The fourth-order valence-corrected chi connectivity index (χ4v) is 4.17. The van der Waals surface area contributed by atoms with Gasteiger partial charge in [0, 0.05) is 24.5 Å². The molecule has 2 atom stereocenters. The molecule has 2 heterocycles. The Labute approximate surface area is 154 Å². The first-order valence-electron chi connectivity index (χ1n) is 8.93. The topological polar surface area (TPSA) is 58.4 Å². The van der Waals surface area contributed by atoms with Gasteiger partial charge in [0.2, 0.25) is 5.91 Å². The number of carbonyl (C=O) groups is 1. The van der Waals surface area contributed by atoms with Crippen molar-refractivity contribution in [2.45, 2.75) is 31.8 Å². The van der Waals surface area contributed by atoms with Crippen LogP contribution in [0.5, 0.6) is 0 Å². The molecule has 3 N–H and O–H groups in total. The number of nitrogens with one attached hydrogen (secondary N) is 1. The minimum absolute atomic E-state index is 0.103. The van der Waals surface area contributed by atoms with Gasteiger partial charge in [-0.25, -0.2) is 0 Å². The lowest BCUT2D eigenvalue weighted by atomic mass is 9.91. The summed E-state index contributed by atoms with van der Waals surface area (Å²) in [7, 11) is 0. The smallest absolute Gasteiger partial charge is 0.244 e. The molecule has 1 amide bonds. The minimum atomic E-state index is -0.993. The van der Waals surface area contributed by atoms with E-state index in [9.17, 15) is 4.79 Å². The molecule has 1 aromatic heterocycles. The Hall–Kier alpha value is -1.69. The molecule has 2 unspecified atom stereocenters. The van der Waals surface area contributed by atoms with Gasteiger partial charge in [0.25, 0.3) is 0 Å². The number of piperidine rings is 1. The second-order valence-electron chi connectivity index (χ2n) is 7.10. The summed E-state index contributed by atoms with van der Waals surface area (Å²) in [6.45, 7) is 5.66. The molecular weight excluding hydrogens is 330 g/mol. The third-order valence-electron chi connectivity index (χ3n) is 4.96. The van der Waals surface area contributed by atoms with E-state index >= 15 is 0 Å². The summed E-state index contributed by atoms with van der Waals surface area (Å²) in [4.78, 5) is 16.5. The van der Waals surface area contributed by atoms with E-state index in [0.29, 0.717) is 12.5 Å². The molecule has 134 valence electrons. The Morgan fingerprint density at radius 1 is 1.32 bits per heavy atom. The molecule has 1 saturated heterocycles. The molecular formula is C20H27N3OS. The summed E-state index contributed by atoms with van der Waals surface area (Å²) in [5.41, 5.74) is 6.14. The fourth-order valence-electron chi connectivity index (χ4n) is 3.42. The number of benzene rings is 1. The Kier molecular flexibility index (Phi) is 5.89. The highest BCUT2D eigenvalue weighted by atomic mass is 32.1. The number of thiophene rings is 1. The predicted octanol–water partition coefficient (Wildman–Crippen LogP) is 2.95. The van der Waals surface area contributed by atoms with E-state index < -0.39 is 5.54 Å². The molecule has 1 aliphatic rings. The highest BCUT2D eigenvalue weighted by molar-refractivity contribution is 7.09. The van der Waals surface area contributed by atoms with Crippen molar-refractivity contribution in [2.75, 3.05) is 19.6 Å². The van der Waals surface area contributed by atoms with Crippen molar-refractivity contribution in [3.8, 4) is 0 Å². The van der Waals surface area contributed by atoms with Crippen molar-refractivity contribution in [3.63, 3.8) is 0 Å². The molecule has 25 heavy (non-hydrogen) atoms. The molecule has 1 aliphatic heterocycles. The molecule has 0 aliphatic carbocycles. The second kappa shape index (κ2) is 8.13. The molecule has 2 aromatic rings. The lowest BCUT2D eigenvalue weighted by Gasteiger charge is -2.33. The Morgan fingerprint density at radius 2 is 2.12 bits per heavy atom. The first kappa shape index (κ1) is 18.1. The van der Waals surface area contributed by atoms with Gasteiger partial charge < -0.3 is 11.1 Å². The van der Waals surface area contributed by atoms with Crippen molar-refractivity contribution in [1.82, 2.24) is 10.2 Å². The highest BCUT2D eigenvalue weighted by Gasteiger charge is 2.31. The number of carbonyl (C=O) groups excluding carboxylic acids is 1. The summed E-state index contributed by atoms with van der Waals surface area (Å²) in [6, 6.07) is 13.9. The van der Waals surface area contributed by atoms with Gasteiger partial charge in [-0.3, -0.25) is 9.69 Å². The summed E-state index contributed by atoms with van der Waals surface area (Å²) in [5, 5.41) is 5.21. The molecule has 1 aromatic carbocycles. The largest absolute Gasteiger partial charge is 0.354 e. The summed E-state index contributed by atoms with van der Waals surface area (Å²) < 4.78 is 0. The molecule has 4 nitrogen and oxygen atoms in total. The van der Waals surface area contributed by atoms with Gasteiger partial charge in [0.1, 0.15) is 5.54 Å². The maximum absolute atomic E-state index is 12.6. The van der Waals surface area contributed by atoms with Crippen LogP contribution in [0.4, 0.5) is 0 Å². The van der Waals surface area contributed by atoms with Gasteiger partial charge in [0.15, 0.2) is 0 Å². The molecule has 0 radical (unpaired) electrons. The van der Waals surface area contributed by atoms with Crippen LogP contribution >= 0.6 is 11.3 Å². The number of nitrogens with zero attached hydrogens (tertiary/aromatic N) is 1. The normalized spacial score (nSPS) is 20.8. The Bertz CT molecular complexity index is 670. The number of hydrogen-bond acceptors (Lipinski definition) is 4. The van der Waals surface area contributed by atoms with Crippen molar-refractivity contribution in [2.24, 2.45) is 11.7 Å². The van der Waals surface area contributed by atoms with E-state index in [0.717, 1.165) is 31.6 Å². The van der Waals surface area contributed by atoms with E-state index in [1.165, 1.54) is 11.3 Å². The maximum Gasteiger partial charge on any atom is 0.244 e. The molecule has 0 spiro atoms. The Morgan fingerprint density at radius 3 is 2.84 bits per heavy atom. The first-order valence-corrected chi connectivity index (χ1v) is 9.81. The average Bonchev–Trinajstić information content (AvgIpc) is 3.13. The predicted molar refractivity (Wildman–Crippen MR) is 103 cm³/mol. The molecule has 3 rings (SSSR count). The number of nitrogens with two attached hydrogens (primary N) is 1. The van der Waals surface area contributed by atoms with E-state index in [1.54, 1.807) is 6.92 Å². The lowest BCUT2D eigenvalue weighted by molar-refractivity contribution is -0.126. The van der Waals surface area contributed by atoms with E-state index in [2.05, 4.69) is 27.7 Å². The summed E-state index contributed by atoms with van der Waals surface area (Å²) >= 11 is 1.81. The zero-order chi connectivity index (χ0) is 17.7. The van der Waals surface area contributed by atoms with Crippen LogP contribution in [0.2, 0.25) is 0 Å². The van der Waals surface area contributed by atoms with Gasteiger partial charge in [-0.1, -0.05) is 36.4 Å². The molecule has 0 bridgehead atoms. The monoisotopic (exact) mass is 357 g/mol. The van der Waals surface area contributed by atoms with Crippen molar-refractivity contribution >= 4 is 17.2 Å². The SMILES string of the molecule is CC(N)(C(=O)NCC1CCCN(Cc2cccs2)C1)c1ccccc1. The number of likely N-dealkylation sites (tertiary alicyclic amines) is 1. The summed E-state index contributed by atoms with van der Waals surface area (Å²) in [6.07, 6.45) is 2.35. The zero-order valence-corrected chi connectivity index (χ0v) is 15.6. The third kappa shape index (κ3) is 4.69. The fraction of sp³-hybridized carbons (Fsp3) is 0.450. The first-order chi connectivity index (χ1) is 12.1. The third-order valence-corrected chi connectivity index (χ3v) is 5.82. The van der Waals surface area contributed by atoms with Gasteiger partial charge in [-0.15, -0.1) is 11.3 Å². The van der Waals surface area contributed by atoms with Gasteiger partial charge in [0.05, 0.1) is 0 Å². The minimum Gasteiger partial charge on any atom is -0.354 e. The zero-order valence-electron chi connectivity index (χ0n) is 14.8. The van der Waals surface area contributed by atoms with E-state index in [1.807, 2.05) is 41.7 Å². The Balaban J connectivity index is 1.51. The van der Waals surface area contributed by atoms with Gasteiger partial charge in [-0.05, 0) is 49.2 Å². The van der Waals surface area contributed by atoms with Crippen molar-refractivity contribution in [3.05, 3.63) is 58.3 Å². The highest BCUT2D eigenvalue weighted by Crippen LogP contribution is 2.21. The van der Waals surface area contributed by atoms with Crippen molar-refractivity contribution < 1.29 is 4.79 Å². The summed E-state index contributed by atoms with van der Waals surface area (Å²) in [5.74, 6) is 0.387. The standard InChI is InChI=1S/C20H27N3OS/c1-20(21,17-8-3-2-4-9-17)19(24)22-13-16-7-5-11-23(14-16)15-18-10-6-12-25-18/h2-4,6,8-10,12,16H,5,7,11,13-15,21H2,1H3,(H,22,24). The van der Waals surface area contributed by atoms with Gasteiger partial charge in [-0.2, -0.15) is 0 Å². The van der Waals surface area contributed by atoms with Crippen LogP contribution in [-0.4, -0.2) is 30.4 Å². The molecule has 1 fully saturated rings. The van der Waals surface area contributed by atoms with Crippen LogP contribution in [0.3, 0.4) is 0 Å². The van der Waals surface area contributed by atoms with E-state index in [-0.39, 0.29) is 5.91 Å². The lowest BCUT2D eigenvalue weighted by Crippen LogP contribution is -2.51. The van der Waals surface area contributed by atoms with Gasteiger partial charge >= 0.3 is 0 Å². The van der Waals surface area contributed by atoms with Crippen LogP contribution in [0.15, 0.2) is 47.8 Å².